The number of ether oxygens (including phenoxy) is 1. The molecule has 6 heteroatoms. The monoisotopic (exact) mass is 313 g/mol. The molecule has 1 saturated carbocycles. The number of aliphatic hydroxyl groups is 1. The van der Waals surface area contributed by atoms with E-state index in [1.807, 2.05) is 13.0 Å². The Kier molecular flexibility index (Phi) is 5.24. The van der Waals surface area contributed by atoms with Gasteiger partial charge in [0, 0.05) is 12.6 Å². The van der Waals surface area contributed by atoms with Crippen molar-refractivity contribution in [2.45, 2.75) is 43.5 Å². The average molecular weight is 313 g/mol. The van der Waals surface area contributed by atoms with Gasteiger partial charge in [-0.1, -0.05) is 18.9 Å². The van der Waals surface area contributed by atoms with Gasteiger partial charge in [0.05, 0.1) is 7.11 Å². The van der Waals surface area contributed by atoms with Crippen LogP contribution < -0.4 is 9.46 Å². The zero-order chi connectivity index (χ0) is 15.5. The molecule has 21 heavy (non-hydrogen) atoms. The summed E-state index contributed by atoms with van der Waals surface area (Å²) < 4.78 is 33.1. The average Bonchev–Trinajstić information content (AvgIpc) is 2.47. The molecule has 2 atom stereocenters. The Bertz CT molecular complexity index is 585. The van der Waals surface area contributed by atoms with Crippen molar-refractivity contribution in [3.63, 3.8) is 0 Å². The summed E-state index contributed by atoms with van der Waals surface area (Å²) in [5, 5.41) is 9.41. The summed E-state index contributed by atoms with van der Waals surface area (Å²) in [4.78, 5) is 0.160. The summed E-state index contributed by atoms with van der Waals surface area (Å²) in [5.74, 6) is 0.328. The highest BCUT2D eigenvalue weighted by atomic mass is 32.2. The van der Waals surface area contributed by atoms with Crippen LogP contribution in [-0.2, 0) is 10.0 Å². The molecule has 2 N–H and O–H groups in total. The van der Waals surface area contributed by atoms with Gasteiger partial charge in [0.15, 0.2) is 0 Å². The third kappa shape index (κ3) is 3.75. The first kappa shape index (κ1) is 16.3. The highest BCUT2D eigenvalue weighted by Gasteiger charge is 2.30. The summed E-state index contributed by atoms with van der Waals surface area (Å²) in [7, 11) is -2.20. The molecule has 0 heterocycles. The molecule has 2 rings (SSSR count). The van der Waals surface area contributed by atoms with E-state index in [4.69, 9.17) is 4.74 Å². The van der Waals surface area contributed by atoms with Gasteiger partial charge >= 0.3 is 0 Å². The van der Waals surface area contributed by atoms with Crippen LogP contribution >= 0.6 is 0 Å². The first-order chi connectivity index (χ1) is 9.97. The third-order valence-electron chi connectivity index (χ3n) is 4.06. The number of hydrogen-bond acceptors (Lipinski definition) is 4. The molecule has 1 aliphatic carbocycles. The van der Waals surface area contributed by atoms with E-state index in [9.17, 15) is 13.5 Å². The van der Waals surface area contributed by atoms with Crippen LogP contribution in [0.4, 0.5) is 0 Å². The molecule has 0 aromatic heterocycles. The van der Waals surface area contributed by atoms with Gasteiger partial charge in [0.2, 0.25) is 10.0 Å². The van der Waals surface area contributed by atoms with Crippen LogP contribution in [0.3, 0.4) is 0 Å². The largest absolute Gasteiger partial charge is 0.495 e. The van der Waals surface area contributed by atoms with E-state index in [0.29, 0.717) is 5.75 Å². The van der Waals surface area contributed by atoms with Crippen LogP contribution in [0.2, 0.25) is 0 Å². The van der Waals surface area contributed by atoms with E-state index in [2.05, 4.69) is 4.72 Å². The van der Waals surface area contributed by atoms with Crippen molar-refractivity contribution >= 4 is 10.0 Å². The molecule has 0 radical (unpaired) electrons. The van der Waals surface area contributed by atoms with Crippen molar-refractivity contribution in [1.82, 2.24) is 4.72 Å². The molecule has 1 aromatic carbocycles. The Hall–Kier alpha value is -1.11. The molecule has 118 valence electrons. The van der Waals surface area contributed by atoms with Gasteiger partial charge < -0.3 is 9.84 Å². The van der Waals surface area contributed by atoms with E-state index in [1.165, 1.54) is 7.11 Å². The van der Waals surface area contributed by atoms with Gasteiger partial charge in [-0.05, 0) is 43.4 Å². The maximum atomic E-state index is 12.6. The predicted octanol–water partition coefficient (Wildman–Crippen LogP) is 1.83. The van der Waals surface area contributed by atoms with Gasteiger partial charge in [-0.3, -0.25) is 0 Å². The lowest BCUT2D eigenvalue weighted by atomic mass is 9.86. The lowest BCUT2D eigenvalue weighted by Crippen LogP contribution is -2.43. The number of aryl methyl sites for hydroxylation is 1. The molecule has 0 spiro atoms. The zero-order valence-electron chi connectivity index (χ0n) is 12.5. The second-order valence-corrected chi connectivity index (χ2v) is 7.29. The number of rotatable bonds is 5. The van der Waals surface area contributed by atoms with E-state index < -0.39 is 10.0 Å². The van der Waals surface area contributed by atoms with E-state index in [0.717, 1.165) is 31.2 Å². The lowest BCUT2D eigenvalue weighted by molar-refractivity contribution is 0.164. The van der Waals surface area contributed by atoms with Crippen molar-refractivity contribution in [3.8, 4) is 5.75 Å². The number of aliphatic hydroxyl groups excluding tert-OH is 1. The maximum absolute atomic E-state index is 12.6. The summed E-state index contributed by atoms with van der Waals surface area (Å²) in [6.07, 6.45) is 3.64. The molecule has 0 bridgehead atoms. The minimum absolute atomic E-state index is 0.00988. The van der Waals surface area contributed by atoms with Gasteiger partial charge in [-0.2, -0.15) is 0 Å². The van der Waals surface area contributed by atoms with Crippen molar-refractivity contribution in [1.29, 1.82) is 0 Å². The predicted molar refractivity (Wildman–Crippen MR) is 80.9 cm³/mol. The fourth-order valence-electron chi connectivity index (χ4n) is 2.84. The Morgan fingerprint density at radius 3 is 2.71 bits per heavy atom. The highest BCUT2D eigenvalue weighted by Crippen LogP contribution is 2.28. The van der Waals surface area contributed by atoms with Crippen LogP contribution in [0, 0.1) is 12.8 Å². The van der Waals surface area contributed by atoms with Crippen LogP contribution in [-0.4, -0.2) is 33.3 Å². The Morgan fingerprint density at radius 2 is 2.05 bits per heavy atom. The molecular formula is C15H23NO4S. The fourth-order valence-corrected chi connectivity index (χ4v) is 4.43. The number of sulfonamides is 1. The molecule has 1 aliphatic rings. The summed E-state index contributed by atoms with van der Waals surface area (Å²) >= 11 is 0. The smallest absolute Gasteiger partial charge is 0.244 e. The summed E-state index contributed by atoms with van der Waals surface area (Å²) in [6, 6.07) is 4.88. The van der Waals surface area contributed by atoms with Crippen LogP contribution in [0.1, 0.15) is 31.2 Å². The zero-order valence-corrected chi connectivity index (χ0v) is 13.3. The molecular weight excluding hydrogens is 290 g/mol. The molecule has 0 saturated heterocycles. The van der Waals surface area contributed by atoms with Gasteiger partial charge in [-0.15, -0.1) is 0 Å². The third-order valence-corrected chi connectivity index (χ3v) is 5.57. The molecule has 1 aromatic rings. The number of hydrogen-bond donors (Lipinski definition) is 2. The van der Waals surface area contributed by atoms with E-state index in [1.54, 1.807) is 12.1 Å². The van der Waals surface area contributed by atoms with Gasteiger partial charge in [0.1, 0.15) is 10.6 Å². The summed E-state index contributed by atoms with van der Waals surface area (Å²) in [5.41, 5.74) is 0.860. The summed E-state index contributed by atoms with van der Waals surface area (Å²) in [6.45, 7) is 1.85. The van der Waals surface area contributed by atoms with Crippen LogP contribution in [0.15, 0.2) is 23.1 Å². The number of methoxy groups -OCH3 is 1. The second kappa shape index (κ2) is 6.77. The fraction of sp³-hybridized carbons (Fsp3) is 0.600. The Labute approximate surface area is 126 Å². The lowest BCUT2D eigenvalue weighted by Gasteiger charge is -2.30. The SMILES string of the molecule is COc1ccc(C)cc1S(=O)(=O)N[C@H]1CCCC[C@@H]1CO. The second-order valence-electron chi connectivity index (χ2n) is 5.61. The van der Waals surface area contributed by atoms with E-state index in [-0.39, 0.29) is 23.5 Å². The molecule has 0 aliphatic heterocycles. The topological polar surface area (TPSA) is 75.6 Å². The minimum Gasteiger partial charge on any atom is -0.495 e. The first-order valence-electron chi connectivity index (χ1n) is 7.25. The quantitative estimate of drug-likeness (QED) is 0.869. The number of nitrogens with one attached hydrogen (secondary N) is 1. The molecule has 0 unspecified atom stereocenters. The maximum Gasteiger partial charge on any atom is 0.244 e. The van der Waals surface area contributed by atoms with Gasteiger partial charge in [-0.25, -0.2) is 13.1 Å². The van der Waals surface area contributed by atoms with Crippen molar-refractivity contribution < 1.29 is 18.3 Å². The molecule has 1 fully saturated rings. The Morgan fingerprint density at radius 1 is 1.33 bits per heavy atom. The van der Waals surface area contributed by atoms with Crippen molar-refractivity contribution in [3.05, 3.63) is 23.8 Å². The highest BCUT2D eigenvalue weighted by molar-refractivity contribution is 7.89. The molecule has 5 nitrogen and oxygen atoms in total. The number of benzene rings is 1. The first-order valence-corrected chi connectivity index (χ1v) is 8.74. The Balaban J connectivity index is 2.27. The normalized spacial score (nSPS) is 23.0. The van der Waals surface area contributed by atoms with Gasteiger partial charge in [0.25, 0.3) is 0 Å². The standard InChI is InChI=1S/C15H23NO4S/c1-11-7-8-14(20-2)15(9-11)21(18,19)16-13-6-4-3-5-12(13)10-17/h7-9,12-13,16-17H,3-6,10H2,1-2H3/t12-,13+/m1/s1. The van der Waals surface area contributed by atoms with Crippen LogP contribution in [0.5, 0.6) is 5.75 Å². The minimum atomic E-state index is -3.65. The molecule has 0 amide bonds. The van der Waals surface area contributed by atoms with Crippen molar-refractivity contribution in [2.75, 3.05) is 13.7 Å². The van der Waals surface area contributed by atoms with Crippen LogP contribution in [0.25, 0.3) is 0 Å². The van der Waals surface area contributed by atoms with Crippen molar-refractivity contribution in [2.24, 2.45) is 5.92 Å². The van der Waals surface area contributed by atoms with E-state index >= 15 is 0 Å².